The molecule has 1 atom stereocenters. The van der Waals surface area contributed by atoms with Gasteiger partial charge in [-0.05, 0) is 55.9 Å². The van der Waals surface area contributed by atoms with E-state index in [1.807, 2.05) is 58.8 Å². The Balaban J connectivity index is 0.00000187. The van der Waals surface area contributed by atoms with E-state index < -0.39 is 5.41 Å². The van der Waals surface area contributed by atoms with Gasteiger partial charge in [0.25, 0.3) is 18.3 Å². The monoisotopic (exact) mass is 758 g/mol. The molecule has 0 spiro atoms. The molecule has 0 fully saturated rings. The van der Waals surface area contributed by atoms with E-state index in [-0.39, 0.29) is 56.2 Å². The SMILES string of the molecule is COCCC1(C(=O)NCc2nnc3n2CCC3)CNC(=O)CCCN(C(=O)c2cn(C)c3ccccc23)CCCNC(=O)COc2ccc(cc2)C1.O=CO. The fourth-order valence-electron chi connectivity index (χ4n) is 7.08. The third-order valence-electron chi connectivity index (χ3n) is 9.99. The molecule has 3 aliphatic rings. The number of ether oxygens (including phenoxy) is 2. The first kappa shape index (κ1) is 40.4. The lowest BCUT2D eigenvalue weighted by Crippen LogP contribution is -2.50. The maximum atomic E-state index is 14.2. The zero-order valence-electron chi connectivity index (χ0n) is 31.4. The summed E-state index contributed by atoms with van der Waals surface area (Å²) in [5.41, 5.74) is 1.34. The average molecular weight is 759 g/mol. The van der Waals surface area contributed by atoms with E-state index in [4.69, 9.17) is 19.4 Å². The summed E-state index contributed by atoms with van der Waals surface area (Å²) in [6.07, 6.45) is 5.46. The van der Waals surface area contributed by atoms with Crippen LogP contribution in [0.2, 0.25) is 0 Å². The lowest BCUT2D eigenvalue weighted by molar-refractivity contribution is -0.133. The lowest BCUT2D eigenvalue weighted by atomic mass is 9.77. The number of carbonyl (C=O) groups is 5. The Morgan fingerprint density at radius 3 is 2.53 bits per heavy atom. The molecule has 0 aliphatic carbocycles. The summed E-state index contributed by atoms with van der Waals surface area (Å²) in [6, 6.07) is 15.0. The van der Waals surface area contributed by atoms with Gasteiger partial charge in [-0.3, -0.25) is 24.0 Å². The Bertz CT molecular complexity index is 1940. The van der Waals surface area contributed by atoms with Crippen LogP contribution in [0.1, 0.15) is 59.7 Å². The van der Waals surface area contributed by atoms with Crippen LogP contribution in [0.5, 0.6) is 5.75 Å². The number of nitrogens with one attached hydrogen (secondary N) is 3. The van der Waals surface area contributed by atoms with Gasteiger partial charge in [0.05, 0.1) is 17.5 Å². The highest BCUT2D eigenvalue weighted by Gasteiger charge is 2.39. The molecule has 0 saturated heterocycles. The molecule has 7 rings (SSSR count). The summed E-state index contributed by atoms with van der Waals surface area (Å²) in [5.74, 6) is 1.29. The highest BCUT2D eigenvalue weighted by molar-refractivity contribution is 6.07. The predicted octanol–water partition coefficient (Wildman–Crippen LogP) is 2.24. The van der Waals surface area contributed by atoms with Gasteiger partial charge < -0.3 is 44.6 Å². The summed E-state index contributed by atoms with van der Waals surface area (Å²) >= 11 is 0. The topological polar surface area (TPSA) is 199 Å². The molecular weight excluding hydrogens is 708 g/mol. The summed E-state index contributed by atoms with van der Waals surface area (Å²) in [4.78, 5) is 64.3. The van der Waals surface area contributed by atoms with Crippen molar-refractivity contribution in [3.63, 3.8) is 0 Å². The van der Waals surface area contributed by atoms with Crippen LogP contribution in [-0.2, 0) is 56.9 Å². The highest BCUT2D eigenvalue weighted by atomic mass is 16.5. The molecule has 2 bridgehead atoms. The molecule has 294 valence electrons. The largest absolute Gasteiger partial charge is 0.484 e. The molecule has 16 nitrogen and oxygen atoms in total. The Morgan fingerprint density at radius 2 is 1.75 bits per heavy atom. The quantitative estimate of drug-likeness (QED) is 0.203. The first-order valence-electron chi connectivity index (χ1n) is 18.5. The van der Waals surface area contributed by atoms with Crippen LogP contribution in [0.15, 0.2) is 54.7 Å². The molecule has 4 amide bonds. The lowest BCUT2D eigenvalue weighted by Gasteiger charge is -2.33. The number of carbonyl (C=O) groups excluding carboxylic acids is 4. The number of aromatic nitrogens is 4. The minimum Gasteiger partial charge on any atom is -0.484 e. The number of para-hydroxylation sites is 1. The van der Waals surface area contributed by atoms with Crippen molar-refractivity contribution in [2.45, 2.75) is 58.0 Å². The zero-order chi connectivity index (χ0) is 39.2. The second-order valence-electron chi connectivity index (χ2n) is 13.8. The van der Waals surface area contributed by atoms with E-state index in [0.717, 1.165) is 41.7 Å². The van der Waals surface area contributed by atoms with Crippen LogP contribution in [0.3, 0.4) is 0 Å². The standard InChI is InChI=1S/C38H48N8O6.CH2O2/c1-44-24-30(29-8-3-4-9-31(29)44)36(49)45-18-6-11-34(47)41-26-38(16-21-51-2,37(50)40-23-33-43-42-32-10-5-20-46(32)33)22-27-12-14-28(15-13-27)52-25-35(48)39-17-7-19-45;2-1-3/h3-4,8-9,12-15,24H,5-7,10-11,16-23,25-26H2,1-2H3,(H,39,48)(H,40,50)(H,41,47);1H,(H,2,3). The molecule has 3 aliphatic heterocycles. The fraction of sp³-hybridized carbons (Fsp3) is 0.462. The van der Waals surface area contributed by atoms with E-state index in [0.29, 0.717) is 69.1 Å². The Morgan fingerprint density at radius 1 is 1.00 bits per heavy atom. The van der Waals surface area contributed by atoms with Crippen molar-refractivity contribution < 1.29 is 38.6 Å². The average Bonchev–Trinajstić information content (AvgIpc) is 3.91. The molecule has 2 aromatic heterocycles. The first-order valence-corrected chi connectivity index (χ1v) is 18.5. The smallest absolute Gasteiger partial charge is 0.290 e. The van der Waals surface area contributed by atoms with Gasteiger partial charge in [-0.15, -0.1) is 10.2 Å². The molecule has 1 unspecified atom stereocenters. The molecule has 2 aromatic carbocycles. The number of nitrogens with zero attached hydrogens (tertiary/aromatic N) is 5. The number of fused-ring (bicyclic) bond motifs is 19. The maximum absolute atomic E-state index is 14.2. The summed E-state index contributed by atoms with van der Waals surface area (Å²) in [7, 11) is 3.50. The Kier molecular flexibility index (Phi) is 14.3. The number of amides is 4. The van der Waals surface area contributed by atoms with E-state index in [1.54, 1.807) is 24.1 Å². The van der Waals surface area contributed by atoms with E-state index in [1.165, 1.54) is 0 Å². The van der Waals surface area contributed by atoms with Crippen molar-refractivity contribution in [1.29, 1.82) is 0 Å². The number of rotatable bonds is 7. The predicted molar refractivity (Wildman–Crippen MR) is 202 cm³/mol. The van der Waals surface area contributed by atoms with Gasteiger partial charge in [0.1, 0.15) is 11.6 Å². The minimum atomic E-state index is -1.06. The van der Waals surface area contributed by atoms with Gasteiger partial charge in [0.15, 0.2) is 12.4 Å². The van der Waals surface area contributed by atoms with Gasteiger partial charge in [0.2, 0.25) is 11.8 Å². The van der Waals surface area contributed by atoms with Gasteiger partial charge >= 0.3 is 0 Å². The van der Waals surface area contributed by atoms with Crippen LogP contribution in [0, 0.1) is 5.41 Å². The fourth-order valence-corrected chi connectivity index (χ4v) is 7.08. The number of hydrogen-bond acceptors (Lipinski definition) is 9. The third-order valence-corrected chi connectivity index (χ3v) is 9.99. The second-order valence-corrected chi connectivity index (χ2v) is 13.8. The molecule has 4 N–H and O–H groups in total. The minimum absolute atomic E-state index is 0.0794. The van der Waals surface area contributed by atoms with Crippen LogP contribution in [-0.4, -0.2) is 106 Å². The number of methoxy groups -OCH3 is 1. The van der Waals surface area contributed by atoms with Gasteiger partial charge in [-0.1, -0.05) is 30.3 Å². The second kappa shape index (κ2) is 19.5. The highest BCUT2D eigenvalue weighted by Crippen LogP contribution is 2.30. The zero-order valence-corrected chi connectivity index (χ0v) is 31.4. The van der Waals surface area contributed by atoms with Crippen LogP contribution < -0.4 is 20.7 Å². The number of benzene rings is 2. The van der Waals surface area contributed by atoms with Crippen molar-refractivity contribution in [1.82, 2.24) is 40.2 Å². The summed E-state index contributed by atoms with van der Waals surface area (Å²) in [6.45, 7) is 2.10. The van der Waals surface area contributed by atoms with Crippen molar-refractivity contribution >= 4 is 41.0 Å². The van der Waals surface area contributed by atoms with Gasteiger partial charge in [-0.2, -0.15) is 0 Å². The third kappa shape index (κ3) is 10.5. The normalized spacial score (nSPS) is 18.3. The Labute approximate surface area is 319 Å². The summed E-state index contributed by atoms with van der Waals surface area (Å²) in [5, 5.41) is 25.3. The number of carboxylic acid groups (broad SMARTS) is 1. The summed E-state index contributed by atoms with van der Waals surface area (Å²) < 4.78 is 15.2. The number of hydrogen-bond donors (Lipinski definition) is 4. The molecule has 0 saturated carbocycles. The van der Waals surface area contributed by atoms with Crippen molar-refractivity contribution in [3.8, 4) is 5.75 Å². The molecule has 5 heterocycles. The molecule has 55 heavy (non-hydrogen) atoms. The maximum Gasteiger partial charge on any atom is 0.290 e. The molecular formula is C39H50N8O8. The molecule has 0 radical (unpaired) electrons. The van der Waals surface area contributed by atoms with Crippen molar-refractivity contribution in [3.05, 3.63) is 77.5 Å². The van der Waals surface area contributed by atoms with E-state index in [9.17, 15) is 19.2 Å². The molecule has 4 aromatic rings. The van der Waals surface area contributed by atoms with E-state index in [2.05, 4.69) is 26.1 Å². The Hall–Kier alpha value is -5.77. The van der Waals surface area contributed by atoms with Crippen LogP contribution in [0.25, 0.3) is 10.9 Å². The van der Waals surface area contributed by atoms with Gasteiger partial charge in [-0.25, -0.2) is 0 Å². The number of aryl methyl sites for hydroxylation is 2. The van der Waals surface area contributed by atoms with Crippen molar-refractivity contribution in [2.24, 2.45) is 12.5 Å². The van der Waals surface area contributed by atoms with Crippen molar-refractivity contribution in [2.75, 3.05) is 46.5 Å². The van der Waals surface area contributed by atoms with Crippen LogP contribution >= 0.6 is 0 Å². The van der Waals surface area contributed by atoms with Gasteiger partial charge in [0, 0.05) is 83.4 Å². The van der Waals surface area contributed by atoms with E-state index >= 15 is 0 Å². The van der Waals surface area contributed by atoms with Crippen LogP contribution in [0.4, 0.5) is 0 Å². The first-order chi connectivity index (χ1) is 26.7. The molecule has 16 heteroatoms.